The van der Waals surface area contributed by atoms with Crippen molar-refractivity contribution in [2.45, 2.75) is 17.6 Å². The monoisotopic (exact) mass is 547 g/mol. The zero-order chi connectivity index (χ0) is 26.5. The smallest absolute Gasteiger partial charge is 0.258 e. The number of hydrogen-bond acceptors (Lipinski definition) is 8. The zero-order valence-corrected chi connectivity index (χ0v) is 22.8. The van der Waals surface area contributed by atoms with Crippen molar-refractivity contribution >= 4 is 57.0 Å². The SMILES string of the molecule is C=Cc1sc2c(C(=O)NCCN3CCOCC3)c(=O)c3cc(SCc4ccccn4)cnc3n2c1/C=C\C. The summed E-state index contributed by atoms with van der Waals surface area (Å²) in [6, 6.07) is 7.63. The summed E-state index contributed by atoms with van der Waals surface area (Å²) < 4.78 is 7.31. The predicted octanol–water partition coefficient (Wildman–Crippen LogP) is 4.33. The Morgan fingerprint density at radius 3 is 2.87 bits per heavy atom. The molecule has 38 heavy (non-hydrogen) atoms. The highest BCUT2D eigenvalue weighted by molar-refractivity contribution is 7.98. The van der Waals surface area contributed by atoms with Gasteiger partial charge in [-0.25, -0.2) is 4.98 Å². The Hall–Kier alpha value is -3.31. The van der Waals surface area contributed by atoms with Crippen LogP contribution in [0, 0.1) is 0 Å². The molecule has 0 saturated carbocycles. The minimum Gasteiger partial charge on any atom is -0.379 e. The molecule has 8 nitrogen and oxygen atoms in total. The third kappa shape index (κ3) is 5.44. The van der Waals surface area contributed by atoms with E-state index in [0.717, 1.165) is 34.2 Å². The molecule has 0 aliphatic carbocycles. The summed E-state index contributed by atoms with van der Waals surface area (Å²) in [5.41, 5.74) is 2.12. The highest BCUT2D eigenvalue weighted by Gasteiger charge is 2.24. The number of nitrogens with zero attached hydrogens (tertiary/aromatic N) is 4. The molecule has 196 valence electrons. The summed E-state index contributed by atoms with van der Waals surface area (Å²) in [4.78, 5) is 40.9. The summed E-state index contributed by atoms with van der Waals surface area (Å²) in [5, 5.41) is 3.39. The average Bonchev–Trinajstić information content (AvgIpc) is 3.31. The standard InChI is InChI=1S/C28H29N5O3S2/c1-3-7-22-23(4-2)38-28-24(27(35)30-10-11-32-12-14-36-15-13-32)25(34)21-16-20(17-31-26(21)33(22)28)37-18-19-8-5-6-9-29-19/h3-9,16-17H,2,10-15,18H2,1H3,(H,30,35)/b7-3-. The van der Waals surface area contributed by atoms with Crippen LogP contribution < -0.4 is 10.7 Å². The van der Waals surface area contributed by atoms with E-state index in [4.69, 9.17) is 9.72 Å². The summed E-state index contributed by atoms with van der Waals surface area (Å²) >= 11 is 2.93. The fraction of sp³-hybridized carbons (Fsp3) is 0.286. The molecule has 5 heterocycles. The van der Waals surface area contributed by atoms with Crippen LogP contribution in [-0.2, 0) is 10.5 Å². The molecule has 1 saturated heterocycles. The van der Waals surface area contributed by atoms with Crippen LogP contribution in [0.2, 0.25) is 0 Å². The Bertz CT molecular complexity index is 1560. The molecule has 1 fully saturated rings. The topological polar surface area (TPSA) is 88.8 Å². The maximum absolute atomic E-state index is 13.8. The Morgan fingerprint density at radius 2 is 2.13 bits per heavy atom. The van der Waals surface area contributed by atoms with Crippen LogP contribution in [0.25, 0.3) is 28.0 Å². The second-order valence-corrected chi connectivity index (χ2v) is 10.8. The third-order valence-corrected chi connectivity index (χ3v) is 8.48. The van der Waals surface area contributed by atoms with Crippen molar-refractivity contribution in [3.05, 3.63) is 81.4 Å². The first-order chi connectivity index (χ1) is 18.6. The van der Waals surface area contributed by atoms with Gasteiger partial charge in [-0.05, 0) is 37.3 Å². The van der Waals surface area contributed by atoms with Gasteiger partial charge in [-0.2, -0.15) is 0 Å². The molecule has 0 radical (unpaired) electrons. The maximum Gasteiger partial charge on any atom is 0.258 e. The van der Waals surface area contributed by atoms with E-state index in [2.05, 4.69) is 21.8 Å². The number of ether oxygens (including phenoxy) is 1. The molecule has 1 aliphatic heterocycles. The van der Waals surface area contributed by atoms with Gasteiger partial charge in [-0.3, -0.25) is 23.9 Å². The van der Waals surface area contributed by atoms with E-state index in [1.54, 1.807) is 30.2 Å². The fourth-order valence-electron chi connectivity index (χ4n) is 4.43. The van der Waals surface area contributed by atoms with Gasteiger partial charge in [0.1, 0.15) is 16.0 Å². The molecule has 10 heteroatoms. The first-order valence-corrected chi connectivity index (χ1v) is 14.3. The number of carbonyl (C=O) groups excluding carboxylic acids is 1. The Morgan fingerprint density at radius 1 is 1.29 bits per heavy atom. The van der Waals surface area contributed by atoms with Crippen LogP contribution in [0.3, 0.4) is 0 Å². The zero-order valence-electron chi connectivity index (χ0n) is 21.2. The summed E-state index contributed by atoms with van der Waals surface area (Å²) in [5.74, 6) is 0.271. The van der Waals surface area contributed by atoms with Crippen molar-refractivity contribution in [2.24, 2.45) is 0 Å². The van der Waals surface area contributed by atoms with Crippen LogP contribution in [0.4, 0.5) is 0 Å². The van der Waals surface area contributed by atoms with Crippen molar-refractivity contribution in [3.63, 3.8) is 0 Å². The van der Waals surface area contributed by atoms with Crippen molar-refractivity contribution in [1.82, 2.24) is 24.6 Å². The molecule has 5 rings (SSSR count). The number of nitrogens with one attached hydrogen (secondary N) is 1. The molecule has 0 bridgehead atoms. The fourth-order valence-corrected chi connectivity index (χ4v) is 6.36. The van der Waals surface area contributed by atoms with E-state index >= 15 is 0 Å². The number of thiazole rings is 1. The average molecular weight is 548 g/mol. The summed E-state index contributed by atoms with van der Waals surface area (Å²) in [7, 11) is 0. The molecule has 0 spiro atoms. The predicted molar refractivity (Wildman–Crippen MR) is 155 cm³/mol. The van der Waals surface area contributed by atoms with Gasteiger partial charge in [0.05, 0.1) is 34.9 Å². The minimum atomic E-state index is -0.377. The highest BCUT2D eigenvalue weighted by atomic mass is 32.2. The number of amides is 1. The second-order valence-electron chi connectivity index (χ2n) is 8.76. The van der Waals surface area contributed by atoms with E-state index < -0.39 is 0 Å². The molecule has 4 aromatic heterocycles. The van der Waals surface area contributed by atoms with Gasteiger partial charge in [0.2, 0.25) is 5.43 Å². The highest BCUT2D eigenvalue weighted by Crippen LogP contribution is 2.32. The first-order valence-electron chi connectivity index (χ1n) is 12.5. The third-order valence-electron chi connectivity index (χ3n) is 6.31. The minimum absolute atomic E-state index is 0.136. The van der Waals surface area contributed by atoms with Gasteiger partial charge in [0, 0.05) is 49.2 Å². The van der Waals surface area contributed by atoms with Gasteiger partial charge >= 0.3 is 0 Å². The van der Waals surface area contributed by atoms with Crippen molar-refractivity contribution in [1.29, 1.82) is 0 Å². The Balaban J connectivity index is 1.55. The summed E-state index contributed by atoms with van der Waals surface area (Å²) in [6.07, 6.45) is 9.17. The van der Waals surface area contributed by atoms with E-state index in [0.29, 0.717) is 47.9 Å². The van der Waals surface area contributed by atoms with Crippen molar-refractivity contribution < 1.29 is 9.53 Å². The van der Waals surface area contributed by atoms with Gasteiger partial charge in [-0.15, -0.1) is 23.1 Å². The van der Waals surface area contributed by atoms with Gasteiger partial charge < -0.3 is 10.1 Å². The number of aromatic nitrogens is 3. The van der Waals surface area contributed by atoms with Crippen molar-refractivity contribution in [2.75, 3.05) is 39.4 Å². The molecular formula is C28H29N5O3S2. The lowest BCUT2D eigenvalue weighted by Gasteiger charge is -2.26. The van der Waals surface area contributed by atoms with Crippen LogP contribution in [0.1, 0.15) is 33.5 Å². The number of thioether (sulfide) groups is 1. The van der Waals surface area contributed by atoms with Crippen LogP contribution in [0.5, 0.6) is 0 Å². The van der Waals surface area contributed by atoms with Gasteiger partial charge in [0.25, 0.3) is 5.91 Å². The van der Waals surface area contributed by atoms with E-state index in [1.807, 2.05) is 47.7 Å². The number of rotatable bonds is 9. The van der Waals surface area contributed by atoms with E-state index in [1.165, 1.54) is 11.3 Å². The molecule has 1 amide bonds. The largest absolute Gasteiger partial charge is 0.379 e. The number of carbonyl (C=O) groups is 1. The first kappa shape index (κ1) is 26.3. The molecule has 4 aromatic rings. The lowest BCUT2D eigenvalue weighted by atomic mass is 10.1. The van der Waals surface area contributed by atoms with E-state index in [9.17, 15) is 9.59 Å². The van der Waals surface area contributed by atoms with Gasteiger partial charge in [-0.1, -0.05) is 18.7 Å². The van der Waals surface area contributed by atoms with E-state index in [-0.39, 0.29) is 16.9 Å². The number of hydrogen-bond donors (Lipinski definition) is 1. The van der Waals surface area contributed by atoms with Crippen LogP contribution in [-0.4, -0.2) is 64.6 Å². The number of pyridine rings is 3. The molecule has 1 aliphatic rings. The lowest BCUT2D eigenvalue weighted by molar-refractivity contribution is 0.0383. The van der Waals surface area contributed by atoms with Gasteiger partial charge in [0.15, 0.2) is 0 Å². The maximum atomic E-state index is 13.8. The van der Waals surface area contributed by atoms with Crippen LogP contribution >= 0.6 is 23.1 Å². The molecule has 0 aromatic carbocycles. The molecule has 0 atom stereocenters. The lowest BCUT2D eigenvalue weighted by Crippen LogP contribution is -2.42. The number of morpholine rings is 1. The summed E-state index contributed by atoms with van der Waals surface area (Å²) in [6.45, 7) is 10.1. The van der Waals surface area contributed by atoms with Crippen LogP contribution in [0.15, 0.2) is 59.0 Å². The normalized spacial score (nSPS) is 14.4. The second kappa shape index (κ2) is 12.0. The molecule has 1 N–H and O–H groups in total. The number of fused-ring (bicyclic) bond motifs is 3. The number of allylic oxidation sites excluding steroid dienone is 1. The Kier molecular flexibility index (Phi) is 8.33. The van der Waals surface area contributed by atoms with Crippen molar-refractivity contribution in [3.8, 4) is 0 Å². The molecular weight excluding hydrogens is 518 g/mol. The quantitative estimate of drug-likeness (QED) is 0.312. The molecule has 0 unspecified atom stereocenters. The Labute approximate surface area is 229 Å².